The average molecular weight is 141 g/mol. The quantitative estimate of drug-likeness (QED) is 0.534. The van der Waals surface area contributed by atoms with Gasteiger partial charge in [0.1, 0.15) is 0 Å². The molecule has 3 nitrogen and oxygen atoms in total. The van der Waals surface area contributed by atoms with Gasteiger partial charge < -0.3 is 0 Å². The molecule has 0 aromatic rings. The molecular weight excluding hydrogens is 130 g/mol. The molecular formula is C7H11NO2. The third-order valence-electron chi connectivity index (χ3n) is 1.81. The van der Waals surface area contributed by atoms with E-state index in [1.165, 1.54) is 0 Å². The summed E-state index contributed by atoms with van der Waals surface area (Å²) in [6.07, 6.45) is 0.372. The van der Waals surface area contributed by atoms with Gasteiger partial charge in [0.05, 0.1) is 0 Å². The third-order valence-corrected chi connectivity index (χ3v) is 1.81. The number of carbonyl (C=O) groups excluding carboxylic acids is 2. The van der Waals surface area contributed by atoms with Gasteiger partial charge in [-0.05, 0) is 5.92 Å². The zero-order chi connectivity index (χ0) is 7.72. The van der Waals surface area contributed by atoms with Gasteiger partial charge in [-0.3, -0.25) is 14.9 Å². The van der Waals surface area contributed by atoms with Crippen LogP contribution in [0, 0.1) is 11.8 Å². The van der Waals surface area contributed by atoms with Crippen LogP contribution in [0.3, 0.4) is 0 Å². The van der Waals surface area contributed by atoms with E-state index in [1.807, 2.05) is 13.8 Å². The van der Waals surface area contributed by atoms with Crippen molar-refractivity contribution in [1.82, 2.24) is 5.32 Å². The van der Waals surface area contributed by atoms with Crippen LogP contribution in [-0.2, 0) is 9.59 Å². The standard InChI is InChI=1S/C7H11NO2/c1-4(2)5-3-6(9)8-7(5)10/h4-5H,3H2,1-2H3,(H,8,9,10)/t5-/m1/s1. The van der Waals surface area contributed by atoms with Crippen LogP contribution in [-0.4, -0.2) is 11.8 Å². The minimum atomic E-state index is -0.135. The molecule has 1 N–H and O–H groups in total. The van der Waals surface area contributed by atoms with Crippen LogP contribution in [0.5, 0.6) is 0 Å². The van der Waals surface area contributed by atoms with Crippen molar-refractivity contribution in [2.24, 2.45) is 11.8 Å². The maximum atomic E-state index is 10.9. The molecule has 1 fully saturated rings. The highest BCUT2D eigenvalue weighted by molar-refractivity contribution is 6.03. The van der Waals surface area contributed by atoms with Gasteiger partial charge in [0.25, 0.3) is 0 Å². The van der Waals surface area contributed by atoms with Gasteiger partial charge in [0.2, 0.25) is 11.8 Å². The second-order valence-electron chi connectivity index (χ2n) is 2.97. The highest BCUT2D eigenvalue weighted by Crippen LogP contribution is 2.19. The number of hydrogen-bond donors (Lipinski definition) is 1. The van der Waals surface area contributed by atoms with Gasteiger partial charge in [-0.15, -0.1) is 0 Å². The first kappa shape index (κ1) is 7.25. The zero-order valence-corrected chi connectivity index (χ0v) is 6.18. The summed E-state index contributed by atoms with van der Waals surface area (Å²) in [4.78, 5) is 21.5. The minimum absolute atomic E-state index is 0.0903. The molecule has 0 aromatic carbocycles. The van der Waals surface area contributed by atoms with E-state index in [1.54, 1.807) is 0 Å². The normalized spacial score (nSPS) is 25.7. The molecule has 2 amide bonds. The van der Waals surface area contributed by atoms with E-state index in [0.717, 1.165) is 0 Å². The van der Waals surface area contributed by atoms with Crippen LogP contribution < -0.4 is 5.32 Å². The highest BCUT2D eigenvalue weighted by Gasteiger charge is 2.32. The second kappa shape index (κ2) is 2.40. The number of rotatable bonds is 1. The Labute approximate surface area is 59.8 Å². The first-order valence-electron chi connectivity index (χ1n) is 3.45. The molecule has 1 aliphatic rings. The average Bonchev–Trinajstić information content (AvgIpc) is 2.10. The zero-order valence-electron chi connectivity index (χ0n) is 6.18. The molecule has 0 aromatic heterocycles. The van der Waals surface area contributed by atoms with E-state index < -0.39 is 0 Å². The molecule has 1 heterocycles. The van der Waals surface area contributed by atoms with Crippen molar-refractivity contribution in [3.05, 3.63) is 0 Å². The van der Waals surface area contributed by atoms with Crippen LogP contribution in [0.2, 0.25) is 0 Å². The monoisotopic (exact) mass is 141 g/mol. The van der Waals surface area contributed by atoms with Crippen molar-refractivity contribution in [2.45, 2.75) is 20.3 Å². The lowest BCUT2D eigenvalue weighted by atomic mass is 9.95. The molecule has 0 saturated carbocycles. The van der Waals surface area contributed by atoms with E-state index in [-0.39, 0.29) is 23.7 Å². The van der Waals surface area contributed by atoms with E-state index >= 15 is 0 Å². The highest BCUT2D eigenvalue weighted by atomic mass is 16.2. The first-order valence-corrected chi connectivity index (χ1v) is 3.45. The smallest absolute Gasteiger partial charge is 0.230 e. The van der Waals surface area contributed by atoms with Gasteiger partial charge in [0, 0.05) is 12.3 Å². The van der Waals surface area contributed by atoms with Crippen LogP contribution in [0.1, 0.15) is 20.3 Å². The molecule has 0 unspecified atom stereocenters. The van der Waals surface area contributed by atoms with E-state index in [4.69, 9.17) is 0 Å². The number of nitrogens with one attached hydrogen (secondary N) is 1. The maximum absolute atomic E-state index is 10.9. The summed E-state index contributed by atoms with van der Waals surface area (Å²) in [5.74, 6) is -0.0670. The Balaban J connectivity index is 2.63. The molecule has 0 bridgehead atoms. The van der Waals surface area contributed by atoms with Gasteiger partial charge in [-0.25, -0.2) is 0 Å². The maximum Gasteiger partial charge on any atom is 0.230 e. The lowest BCUT2D eigenvalue weighted by Crippen LogP contribution is -2.24. The van der Waals surface area contributed by atoms with Crippen molar-refractivity contribution >= 4 is 11.8 Å². The van der Waals surface area contributed by atoms with Gasteiger partial charge >= 0.3 is 0 Å². The molecule has 1 rings (SSSR count). The fourth-order valence-electron chi connectivity index (χ4n) is 1.11. The Hall–Kier alpha value is -0.860. The summed E-state index contributed by atoms with van der Waals surface area (Å²) in [7, 11) is 0. The molecule has 56 valence electrons. The van der Waals surface area contributed by atoms with E-state index in [2.05, 4.69) is 5.32 Å². The summed E-state index contributed by atoms with van der Waals surface area (Å²) in [6, 6.07) is 0. The molecule has 0 spiro atoms. The SMILES string of the molecule is CC(C)[C@H]1CC(=O)NC1=O. The Kier molecular flexibility index (Phi) is 1.74. The minimum Gasteiger partial charge on any atom is -0.296 e. The van der Waals surface area contributed by atoms with Crippen LogP contribution in [0.4, 0.5) is 0 Å². The Morgan fingerprint density at radius 2 is 2.10 bits per heavy atom. The van der Waals surface area contributed by atoms with Crippen molar-refractivity contribution in [1.29, 1.82) is 0 Å². The molecule has 1 aliphatic heterocycles. The van der Waals surface area contributed by atoms with E-state index in [0.29, 0.717) is 6.42 Å². The first-order chi connectivity index (χ1) is 4.61. The topological polar surface area (TPSA) is 46.2 Å². The molecule has 3 heteroatoms. The number of amides is 2. The number of imide groups is 1. The van der Waals surface area contributed by atoms with Crippen LogP contribution in [0.25, 0.3) is 0 Å². The molecule has 1 saturated heterocycles. The van der Waals surface area contributed by atoms with Crippen LogP contribution >= 0.6 is 0 Å². The lowest BCUT2D eigenvalue weighted by Gasteiger charge is -2.07. The van der Waals surface area contributed by atoms with Crippen LogP contribution in [0.15, 0.2) is 0 Å². The summed E-state index contributed by atoms with van der Waals surface area (Å²) in [5, 5.41) is 2.27. The van der Waals surface area contributed by atoms with Gasteiger partial charge in [-0.1, -0.05) is 13.8 Å². The second-order valence-corrected chi connectivity index (χ2v) is 2.97. The van der Waals surface area contributed by atoms with Crippen molar-refractivity contribution in [3.8, 4) is 0 Å². The molecule has 0 radical (unpaired) electrons. The van der Waals surface area contributed by atoms with Gasteiger partial charge in [-0.2, -0.15) is 0 Å². The van der Waals surface area contributed by atoms with Crippen molar-refractivity contribution in [2.75, 3.05) is 0 Å². The fourth-order valence-corrected chi connectivity index (χ4v) is 1.11. The number of hydrogen-bond acceptors (Lipinski definition) is 2. The Morgan fingerprint density at radius 1 is 1.50 bits per heavy atom. The summed E-state index contributed by atoms with van der Waals surface area (Å²) in [6.45, 7) is 3.89. The molecule has 10 heavy (non-hydrogen) atoms. The van der Waals surface area contributed by atoms with Crippen molar-refractivity contribution < 1.29 is 9.59 Å². The fraction of sp³-hybridized carbons (Fsp3) is 0.714. The number of carbonyl (C=O) groups is 2. The Bertz CT molecular complexity index is 174. The summed E-state index contributed by atoms with van der Waals surface area (Å²) < 4.78 is 0. The van der Waals surface area contributed by atoms with Crippen molar-refractivity contribution in [3.63, 3.8) is 0 Å². The Morgan fingerprint density at radius 3 is 2.30 bits per heavy atom. The predicted molar refractivity (Wildman–Crippen MR) is 36.1 cm³/mol. The lowest BCUT2D eigenvalue weighted by molar-refractivity contribution is -0.126. The molecule has 0 aliphatic carbocycles. The van der Waals surface area contributed by atoms with Gasteiger partial charge in [0.15, 0.2) is 0 Å². The largest absolute Gasteiger partial charge is 0.296 e. The summed E-state index contributed by atoms with van der Waals surface area (Å²) >= 11 is 0. The molecule has 1 atom stereocenters. The van der Waals surface area contributed by atoms with E-state index in [9.17, 15) is 9.59 Å². The summed E-state index contributed by atoms with van der Waals surface area (Å²) in [5.41, 5.74) is 0. The third kappa shape index (κ3) is 1.17. The predicted octanol–water partition coefficient (Wildman–Crippen LogP) is 0.305.